The molecular weight excluding hydrogens is 284 g/mol. The number of para-hydroxylation sites is 1. The van der Waals surface area contributed by atoms with Crippen LogP contribution in [0.15, 0.2) is 29.2 Å². The number of sulfonamides is 1. The topological polar surface area (TPSA) is 58.2 Å². The maximum atomic E-state index is 12.4. The average molecular weight is 310 g/mol. The lowest BCUT2D eigenvalue weighted by atomic mass is 10.1. The third-order valence-electron chi connectivity index (χ3n) is 3.72. The lowest BCUT2D eigenvalue weighted by Gasteiger charge is -2.18. The number of hydrogen-bond donors (Lipinski definition) is 2. The van der Waals surface area contributed by atoms with Gasteiger partial charge in [-0.15, -0.1) is 0 Å². The highest BCUT2D eigenvalue weighted by molar-refractivity contribution is 7.89. The first-order valence-corrected chi connectivity index (χ1v) is 9.39. The van der Waals surface area contributed by atoms with Crippen molar-refractivity contribution in [1.82, 2.24) is 4.72 Å². The van der Waals surface area contributed by atoms with Crippen LogP contribution in [0.25, 0.3) is 0 Å². The zero-order valence-electron chi connectivity index (χ0n) is 12.9. The van der Waals surface area contributed by atoms with Gasteiger partial charge in [0.05, 0.1) is 5.69 Å². The van der Waals surface area contributed by atoms with E-state index in [9.17, 15) is 8.42 Å². The summed E-state index contributed by atoms with van der Waals surface area (Å²) in [6.07, 6.45) is 6.53. The minimum absolute atomic E-state index is 0.130. The quantitative estimate of drug-likeness (QED) is 0.686. The second-order valence-electron chi connectivity index (χ2n) is 5.93. The third-order valence-corrected chi connectivity index (χ3v) is 5.30. The van der Waals surface area contributed by atoms with Crippen LogP contribution in [0.3, 0.4) is 0 Å². The molecule has 21 heavy (non-hydrogen) atoms. The highest BCUT2D eigenvalue weighted by atomic mass is 32.2. The second kappa shape index (κ2) is 7.27. The summed E-state index contributed by atoms with van der Waals surface area (Å²) in [5.74, 6) is 0. The molecule has 1 saturated carbocycles. The van der Waals surface area contributed by atoms with Crippen molar-refractivity contribution in [2.24, 2.45) is 0 Å². The maximum Gasteiger partial charge on any atom is 0.242 e. The number of anilines is 1. The first kappa shape index (κ1) is 16.3. The Kier molecular flexibility index (Phi) is 5.65. The Balaban J connectivity index is 2.05. The van der Waals surface area contributed by atoms with Gasteiger partial charge in [0, 0.05) is 12.1 Å². The van der Waals surface area contributed by atoms with Crippen LogP contribution >= 0.6 is 0 Å². The fraction of sp³-hybridized carbons (Fsp3) is 0.625. The smallest absolute Gasteiger partial charge is 0.242 e. The SMILES string of the molecule is CCCCCC(C)Nc1ccccc1S(=O)(=O)NC1CC1. The van der Waals surface area contributed by atoms with Crippen LogP contribution in [-0.2, 0) is 10.0 Å². The van der Waals surface area contributed by atoms with Gasteiger partial charge in [-0.2, -0.15) is 0 Å². The van der Waals surface area contributed by atoms with Gasteiger partial charge in [0.2, 0.25) is 10.0 Å². The van der Waals surface area contributed by atoms with E-state index < -0.39 is 10.0 Å². The molecule has 2 rings (SSSR count). The van der Waals surface area contributed by atoms with Crippen LogP contribution in [-0.4, -0.2) is 20.5 Å². The van der Waals surface area contributed by atoms with E-state index in [1.54, 1.807) is 12.1 Å². The molecule has 1 unspecified atom stereocenters. The summed E-state index contributed by atoms with van der Waals surface area (Å²) in [5.41, 5.74) is 0.703. The van der Waals surface area contributed by atoms with E-state index >= 15 is 0 Å². The van der Waals surface area contributed by atoms with Crippen LogP contribution in [0.4, 0.5) is 5.69 Å². The zero-order chi connectivity index (χ0) is 15.3. The van der Waals surface area contributed by atoms with Crippen molar-refractivity contribution in [2.75, 3.05) is 5.32 Å². The minimum Gasteiger partial charge on any atom is -0.381 e. The molecule has 0 bridgehead atoms. The van der Waals surface area contributed by atoms with Gasteiger partial charge in [-0.05, 0) is 38.3 Å². The number of benzene rings is 1. The fourth-order valence-electron chi connectivity index (χ4n) is 2.34. The van der Waals surface area contributed by atoms with Crippen molar-refractivity contribution < 1.29 is 8.42 Å². The van der Waals surface area contributed by atoms with E-state index in [0.29, 0.717) is 10.6 Å². The molecule has 0 heterocycles. The zero-order valence-corrected chi connectivity index (χ0v) is 13.7. The number of unbranched alkanes of at least 4 members (excludes halogenated alkanes) is 2. The fourth-order valence-corrected chi connectivity index (χ4v) is 3.82. The largest absolute Gasteiger partial charge is 0.381 e. The molecule has 1 aliphatic carbocycles. The molecule has 0 aliphatic heterocycles. The monoisotopic (exact) mass is 310 g/mol. The molecule has 118 valence electrons. The van der Waals surface area contributed by atoms with Gasteiger partial charge < -0.3 is 5.32 Å². The first-order valence-electron chi connectivity index (χ1n) is 7.91. The van der Waals surface area contributed by atoms with Crippen molar-refractivity contribution in [3.63, 3.8) is 0 Å². The number of rotatable bonds is 9. The van der Waals surface area contributed by atoms with Crippen molar-refractivity contribution in [2.45, 2.75) is 69.4 Å². The minimum atomic E-state index is -3.41. The van der Waals surface area contributed by atoms with E-state index in [2.05, 4.69) is 23.9 Å². The summed E-state index contributed by atoms with van der Waals surface area (Å²) < 4.78 is 27.5. The van der Waals surface area contributed by atoms with Gasteiger partial charge in [0.25, 0.3) is 0 Å². The van der Waals surface area contributed by atoms with Crippen molar-refractivity contribution in [3.05, 3.63) is 24.3 Å². The van der Waals surface area contributed by atoms with Gasteiger partial charge in [0.15, 0.2) is 0 Å². The van der Waals surface area contributed by atoms with Crippen LogP contribution in [0.2, 0.25) is 0 Å². The van der Waals surface area contributed by atoms with Gasteiger partial charge in [-0.1, -0.05) is 38.3 Å². The highest BCUT2D eigenvalue weighted by Gasteiger charge is 2.29. The molecule has 1 atom stereocenters. The number of hydrogen-bond acceptors (Lipinski definition) is 3. The molecule has 0 aromatic heterocycles. The predicted molar refractivity (Wildman–Crippen MR) is 87.0 cm³/mol. The van der Waals surface area contributed by atoms with Crippen LogP contribution < -0.4 is 10.0 Å². The van der Waals surface area contributed by atoms with Crippen LogP contribution in [0.5, 0.6) is 0 Å². The van der Waals surface area contributed by atoms with Gasteiger partial charge in [-0.25, -0.2) is 13.1 Å². The molecule has 2 N–H and O–H groups in total. The summed E-state index contributed by atoms with van der Waals surface area (Å²) in [6.45, 7) is 4.29. The second-order valence-corrected chi connectivity index (χ2v) is 7.62. The van der Waals surface area contributed by atoms with Crippen molar-refractivity contribution in [1.29, 1.82) is 0 Å². The van der Waals surface area contributed by atoms with Gasteiger partial charge in [0.1, 0.15) is 4.90 Å². The molecule has 1 aromatic rings. The molecule has 0 amide bonds. The van der Waals surface area contributed by atoms with Crippen molar-refractivity contribution in [3.8, 4) is 0 Å². The highest BCUT2D eigenvalue weighted by Crippen LogP contribution is 2.26. The van der Waals surface area contributed by atoms with E-state index in [1.165, 1.54) is 19.3 Å². The Bertz CT molecular complexity index is 553. The summed E-state index contributed by atoms with van der Waals surface area (Å²) in [6, 6.07) is 7.56. The Morgan fingerprint density at radius 2 is 1.95 bits per heavy atom. The predicted octanol–water partition coefficient (Wildman–Crippen LogP) is 3.51. The molecule has 1 aromatic carbocycles. The lowest BCUT2D eigenvalue weighted by molar-refractivity contribution is 0.580. The Labute approximate surface area is 128 Å². The van der Waals surface area contributed by atoms with Crippen molar-refractivity contribution >= 4 is 15.7 Å². The standard InChI is InChI=1S/C16H26N2O2S/c1-3-4-5-8-13(2)17-15-9-6-7-10-16(15)21(19,20)18-14-11-12-14/h6-7,9-10,13-14,17-18H,3-5,8,11-12H2,1-2H3. The number of nitrogens with one attached hydrogen (secondary N) is 2. The first-order chi connectivity index (χ1) is 10.0. The van der Waals surface area contributed by atoms with E-state index in [-0.39, 0.29) is 12.1 Å². The Morgan fingerprint density at radius 3 is 2.62 bits per heavy atom. The van der Waals surface area contributed by atoms with E-state index in [1.807, 2.05) is 12.1 Å². The van der Waals surface area contributed by atoms with Gasteiger partial charge in [-0.3, -0.25) is 0 Å². The Hall–Kier alpha value is -1.07. The molecule has 0 saturated heterocycles. The molecule has 0 radical (unpaired) electrons. The molecular formula is C16H26N2O2S. The molecule has 4 nitrogen and oxygen atoms in total. The Morgan fingerprint density at radius 1 is 1.24 bits per heavy atom. The maximum absolute atomic E-state index is 12.4. The van der Waals surface area contributed by atoms with Crippen LogP contribution in [0, 0.1) is 0 Å². The molecule has 0 spiro atoms. The molecule has 1 aliphatic rings. The van der Waals surface area contributed by atoms with E-state index in [4.69, 9.17) is 0 Å². The van der Waals surface area contributed by atoms with Gasteiger partial charge >= 0.3 is 0 Å². The summed E-state index contributed by atoms with van der Waals surface area (Å²) in [4.78, 5) is 0.360. The summed E-state index contributed by atoms with van der Waals surface area (Å²) in [7, 11) is -3.41. The normalized spacial score (nSPS) is 16.7. The summed E-state index contributed by atoms with van der Waals surface area (Å²) >= 11 is 0. The lowest BCUT2D eigenvalue weighted by Crippen LogP contribution is -2.27. The average Bonchev–Trinajstić information content (AvgIpc) is 3.23. The van der Waals surface area contributed by atoms with E-state index in [0.717, 1.165) is 19.3 Å². The summed E-state index contributed by atoms with van der Waals surface area (Å²) in [5, 5.41) is 3.35. The molecule has 1 fully saturated rings. The third kappa shape index (κ3) is 5.00. The molecule has 5 heteroatoms. The van der Waals surface area contributed by atoms with Crippen LogP contribution in [0.1, 0.15) is 52.4 Å².